The predicted octanol–water partition coefficient (Wildman–Crippen LogP) is 7.59. The Hall–Kier alpha value is -2.68. The van der Waals surface area contributed by atoms with Crippen molar-refractivity contribution < 1.29 is 4.79 Å². The van der Waals surface area contributed by atoms with Crippen LogP contribution in [0.25, 0.3) is 10.9 Å². The lowest BCUT2D eigenvalue weighted by atomic mass is 9.86. The zero-order chi connectivity index (χ0) is 19.9. The van der Waals surface area contributed by atoms with Gasteiger partial charge in [0.2, 0.25) is 0 Å². The number of carbonyl (C=O) groups excluding carboxylic acids is 1. The second kappa shape index (κ2) is 12.2. The van der Waals surface area contributed by atoms with Gasteiger partial charge in [-0.2, -0.15) is 0 Å². The largest absolute Gasteiger partial charge is 0.321 e. The molecule has 5 radical (unpaired) electrons. The first-order chi connectivity index (χ1) is 14.3. The molecule has 1 amide bonds. The molecular formula is C28H33N2O. The Morgan fingerprint density at radius 2 is 1.39 bits per heavy atom. The Balaban J connectivity index is 0.00000171. The number of para-hydroxylation sites is 1. The molecule has 0 unspecified atom stereocenters. The van der Waals surface area contributed by atoms with Crippen LogP contribution in [0.4, 0.5) is 5.69 Å². The summed E-state index contributed by atoms with van der Waals surface area (Å²) in [5, 5.41) is 4.00. The van der Waals surface area contributed by atoms with Crippen LogP contribution in [0.15, 0.2) is 60.8 Å². The third-order valence-corrected chi connectivity index (χ3v) is 5.86. The fourth-order valence-corrected chi connectivity index (χ4v) is 4.17. The minimum absolute atomic E-state index is 0. The van der Waals surface area contributed by atoms with Gasteiger partial charge < -0.3 is 5.32 Å². The Kier molecular flexibility index (Phi) is 9.71. The van der Waals surface area contributed by atoms with Crippen molar-refractivity contribution in [1.82, 2.24) is 4.98 Å². The number of benzene rings is 2. The van der Waals surface area contributed by atoms with Crippen LogP contribution in [0, 0.1) is 20.8 Å². The SMILES string of the molecule is O=C(Nc1cnc2ccccc2c1)c1ccc([C]2CCCCCCCCC2)cc1.[CH2].[CH2]. The van der Waals surface area contributed by atoms with Crippen molar-refractivity contribution >= 4 is 22.5 Å². The highest BCUT2D eigenvalue weighted by Gasteiger charge is 2.14. The van der Waals surface area contributed by atoms with Crippen LogP contribution in [0.5, 0.6) is 0 Å². The lowest BCUT2D eigenvalue weighted by molar-refractivity contribution is 0.102. The third kappa shape index (κ3) is 6.65. The first kappa shape index (κ1) is 24.6. The number of fused-ring (bicyclic) bond motifs is 1. The highest BCUT2D eigenvalue weighted by Crippen LogP contribution is 2.29. The average Bonchev–Trinajstić information content (AvgIpc) is 2.77. The average molecular weight is 414 g/mol. The molecular weight excluding hydrogens is 380 g/mol. The Morgan fingerprint density at radius 3 is 2.06 bits per heavy atom. The highest BCUT2D eigenvalue weighted by atomic mass is 16.1. The molecule has 1 N–H and O–H groups in total. The standard InChI is InChI=1S/C26H29N2O.2CH2/c29-26(28-24-18-23-12-8-9-13-25(23)27-19-24)22-16-14-21(15-17-22)20-10-6-4-2-1-3-5-7-11-20;;/h8-9,12-19H,1-7,10-11H2,(H,28,29);2*1H2. The number of pyridine rings is 1. The van der Waals surface area contributed by atoms with Gasteiger partial charge in [0.05, 0.1) is 17.4 Å². The lowest BCUT2D eigenvalue weighted by Crippen LogP contribution is -2.12. The number of hydrogen-bond donors (Lipinski definition) is 1. The summed E-state index contributed by atoms with van der Waals surface area (Å²) in [6.45, 7) is 0. The fraction of sp³-hybridized carbons (Fsp3) is 0.321. The number of anilines is 1. The smallest absolute Gasteiger partial charge is 0.255 e. The normalized spacial score (nSPS) is 15.4. The summed E-state index contributed by atoms with van der Waals surface area (Å²) in [5.41, 5.74) is 3.63. The van der Waals surface area contributed by atoms with E-state index >= 15 is 0 Å². The predicted molar refractivity (Wildman–Crippen MR) is 131 cm³/mol. The van der Waals surface area contributed by atoms with E-state index in [4.69, 9.17) is 0 Å². The van der Waals surface area contributed by atoms with Gasteiger partial charge in [-0.05, 0) is 42.7 Å². The molecule has 1 saturated carbocycles. The second-order valence-electron chi connectivity index (χ2n) is 8.03. The van der Waals surface area contributed by atoms with Crippen molar-refractivity contribution in [2.45, 2.75) is 57.8 Å². The van der Waals surface area contributed by atoms with Crippen LogP contribution in [0.2, 0.25) is 0 Å². The van der Waals surface area contributed by atoms with Crippen molar-refractivity contribution in [2.24, 2.45) is 0 Å². The van der Waals surface area contributed by atoms with Gasteiger partial charge in [0.15, 0.2) is 0 Å². The van der Waals surface area contributed by atoms with E-state index in [0.717, 1.165) is 16.6 Å². The maximum absolute atomic E-state index is 12.7. The molecule has 3 aromatic rings. The molecule has 1 fully saturated rings. The third-order valence-electron chi connectivity index (χ3n) is 5.86. The van der Waals surface area contributed by atoms with Crippen molar-refractivity contribution in [2.75, 3.05) is 5.32 Å². The molecule has 4 rings (SSSR count). The minimum Gasteiger partial charge on any atom is -0.321 e. The first-order valence-corrected chi connectivity index (χ1v) is 10.9. The van der Waals surface area contributed by atoms with Gasteiger partial charge in [-0.1, -0.05) is 90.1 Å². The summed E-state index contributed by atoms with van der Waals surface area (Å²) in [5.74, 6) is 1.46. The summed E-state index contributed by atoms with van der Waals surface area (Å²) < 4.78 is 0. The van der Waals surface area contributed by atoms with Crippen LogP contribution in [-0.4, -0.2) is 10.9 Å². The first-order valence-electron chi connectivity index (χ1n) is 10.9. The van der Waals surface area contributed by atoms with Crippen molar-refractivity contribution in [3.8, 4) is 0 Å². The Morgan fingerprint density at radius 1 is 0.774 bits per heavy atom. The monoisotopic (exact) mass is 413 g/mol. The second-order valence-corrected chi connectivity index (χ2v) is 8.03. The molecule has 0 bridgehead atoms. The van der Waals surface area contributed by atoms with E-state index < -0.39 is 0 Å². The van der Waals surface area contributed by atoms with E-state index in [1.165, 1.54) is 63.4 Å². The molecule has 0 saturated heterocycles. The van der Waals surface area contributed by atoms with Gasteiger partial charge in [0.1, 0.15) is 0 Å². The number of rotatable bonds is 3. The molecule has 31 heavy (non-hydrogen) atoms. The van der Waals surface area contributed by atoms with Crippen LogP contribution < -0.4 is 5.32 Å². The molecule has 3 nitrogen and oxygen atoms in total. The molecule has 3 heteroatoms. The van der Waals surface area contributed by atoms with E-state index in [9.17, 15) is 4.79 Å². The van der Waals surface area contributed by atoms with E-state index in [-0.39, 0.29) is 20.8 Å². The van der Waals surface area contributed by atoms with Crippen LogP contribution in [-0.2, 0) is 0 Å². The summed E-state index contributed by atoms with van der Waals surface area (Å²) >= 11 is 0. The van der Waals surface area contributed by atoms with Crippen LogP contribution in [0.3, 0.4) is 0 Å². The molecule has 2 aromatic carbocycles. The lowest BCUT2D eigenvalue weighted by Gasteiger charge is -2.18. The molecule has 161 valence electrons. The van der Waals surface area contributed by atoms with E-state index in [1.54, 1.807) is 12.1 Å². The number of hydrogen-bond acceptors (Lipinski definition) is 2. The van der Waals surface area contributed by atoms with E-state index in [0.29, 0.717) is 5.56 Å². The fourth-order valence-electron chi connectivity index (χ4n) is 4.17. The molecule has 1 aliphatic carbocycles. The van der Waals surface area contributed by atoms with Crippen molar-refractivity contribution in [1.29, 1.82) is 0 Å². The number of nitrogens with zero attached hydrogens (tertiary/aromatic N) is 1. The van der Waals surface area contributed by atoms with Gasteiger partial charge in [-0.25, -0.2) is 0 Å². The summed E-state index contributed by atoms with van der Waals surface area (Å²) in [6.07, 6.45) is 13.5. The van der Waals surface area contributed by atoms with Crippen molar-refractivity contribution in [3.05, 3.63) is 92.7 Å². The topological polar surface area (TPSA) is 42.0 Å². The van der Waals surface area contributed by atoms with Gasteiger partial charge in [-0.3, -0.25) is 9.78 Å². The number of carbonyl (C=O) groups is 1. The number of amides is 1. The zero-order valence-electron chi connectivity index (χ0n) is 18.4. The van der Waals surface area contributed by atoms with Gasteiger partial charge in [0, 0.05) is 16.9 Å². The van der Waals surface area contributed by atoms with Gasteiger partial charge in [0.25, 0.3) is 5.91 Å². The molecule has 0 aliphatic heterocycles. The quantitative estimate of drug-likeness (QED) is 0.480. The maximum Gasteiger partial charge on any atom is 0.255 e. The zero-order valence-corrected chi connectivity index (χ0v) is 18.4. The molecule has 1 aliphatic rings. The Labute approximate surface area is 188 Å². The van der Waals surface area contributed by atoms with Crippen molar-refractivity contribution in [3.63, 3.8) is 0 Å². The maximum atomic E-state index is 12.7. The number of nitrogens with one attached hydrogen (secondary N) is 1. The summed E-state index contributed by atoms with van der Waals surface area (Å²) in [4.78, 5) is 17.1. The van der Waals surface area contributed by atoms with Crippen LogP contribution in [0.1, 0.15) is 73.7 Å². The Bertz CT molecular complexity index is 939. The number of aromatic nitrogens is 1. The van der Waals surface area contributed by atoms with Gasteiger partial charge in [-0.15, -0.1) is 0 Å². The molecule has 1 heterocycles. The summed E-state index contributed by atoms with van der Waals surface area (Å²) in [6, 6.07) is 18.0. The molecule has 1 aromatic heterocycles. The van der Waals surface area contributed by atoms with Gasteiger partial charge >= 0.3 is 0 Å². The summed E-state index contributed by atoms with van der Waals surface area (Å²) in [7, 11) is 0. The molecule has 0 spiro atoms. The van der Waals surface area contributed by atoms with E-state index in [1.807, 2.05) is 42.5 Å². The highest BCUT2D eigenvalue weighted by molar-refractivity contribution is 6.04. The molecule has 0 atom stereocenters. The van der Waals surface area contributed by atoms with E-state index in [2.05, 4.69) is 22.4 Å². The van der Waals surface area contributed by atoms with Crippen LogP contribution >= 0.6 is 0 Å². The minimum atomic E-state index is -0.0930.